The van der Waals surface area contributed by atoms with Crippen LogP contribution < -0.4 is 5.73 Å². The van der Waals surface area contributed by atoms with Crippen LogP contribution >= 0.6 is 0 Å². The highest BCUT2D eigenvalue weighted by Gasteiger charge is 2.27. The smallest absolute Gasteiger partial charge is 0.390 e. The normalized spacial score (nSPS) is 12.4. The number of halogens is 3. The van der Waals surface area contributed by atoms with Crippen molar-refractivity contribution in [3.8, 4) is 0 Å². The van der Waals surface area contributed by atoms with Gasteiger partial charge in [0.15, 0.2) is 0 Å². The highest BCUT2D eigenvalue weighted by atomic mass is 19.4. The minimum absolute atomic E-state index is 0.0395. The maximum atomic E-state index is 11.9. The number of nitrogens with zero attached hydrogens (tertiary/aromatic N) is 1. The van der Waals surface area contributed by atoms with E-state index >= 15 is 0 Å². The Morgan fingerprint density at radius 1 is 1.31 bits per heavy atom. The van der Waals surface area contributed by atoms with Gasteiger partial charge in [0.1, 0.15) is 11.5 Å². The van der Waals surface area contributed by atoms with E-state index in [0.717, 1.165) is 0 Å². The zero-order valence-corrected chi connectivity index (χ0v) is 9.05. The summed E-state index contributed by atoms with van der Waals surface area (Å²) in [6, 6.07) is 3.46. The molecule has 0 atom stereocenters. The third-order valence-corrected chi connectivity index (χ3v) is 2.12. The molecule has 2 N–H and O–H groups in total. The van der Waals surface area contributed by atoms with E-state index in [-0.39, 0.29) is 6.54 Å². The number of furan rings is 1. The van der Waals surface area contributed by atoms with Gasteiger partial charge in [0.25, 0.3) is 0 Å². The van der Waals surface area contributed by atoms with Crippen LogP contribution in [0, 0.1) is 0 Å². The van der Waals surface area contributed by atoms with Crippen LogP contribution in [0.2, 0.25) is 0 Å². The van der Waals surface area contributed by atoms with E-state index in [1.54, 1.807) is 24.1 Å². The number of hydrogen-bond donors (Lipinski definition) is 1. The number of alkyl halides is 3. The molecule has 1 heterocycles. The van der Waals surface area contributed by atoms with Crippen molar-refractivity contribution in [3.63, 3.8) is 0 Å². The summed E-state index contributed by atoms with van der Waals surface area (Å²) in [6.07, 6.45) is -4.92. The first kappa shape index (κ1) is 13.1. The lowest BCUT2D eigenvalue weighted by Crippen LogP contribution is -2.23. The molecule has 6 heteroatoms. The molecule has 0 aliphatic rings. The molecule has 0 saturated carbocycles. The van der Waals surface area contributed by atoms with Crippen molar-refractivity contribution in [2.24, 2.45) is 5.73 Å². The molecule has 1 rings (SSSR count). The Morgan fingerprint density at radius 3 is 2.44 bits per heavy atom. The summed E-state index contributed by atoms with van der Waals surface area (Å²) >= 11 is 0. The molecule has 0 aliphatic carbocycles. The molecule has 0 fully saturated rings. The average Bonchev–Trinajstić information content (AvgIpc) is 2.61. The Balaban J connectivity index is 2.36. The second kappa shape index (κ2) is 5.36. The van der Waals surface area contributed by atoms with E-state index in [1.807, 2.05) is 0 Å². The summed E-state index contributed by atoms with van der Waals surface area (Å²) in [5, 5.41) is 0. The molecule has 92 valence electrons. The van der Waals surface area contributed by atoms with E-state index in [4.69, 9.17) is 10.2 Å². The van der Waals surface area contributed by atoms with Gasteiger partial charge in [-0.3, -0.25) is 4.90 Å². The van der Waals surface area contributed by atoms with Crippen molar-refractivity contribution >= 4 is 0 Å². The first-order chi connectivity index (χ1) is 7.40. The van der Waals surface area contributed by atoms with Gasteiger partial charge in [-0.05, 0) is 19.2 Å². The maximum Gasteiger partial charge on any atom is 0.390 e. The molecular formula is C10H15F3N2O. The van der Waals surface area contributed by atoms with Gasteiger partial charge in [0.2, 0.25) is 0 Å². The van der Waals surface area contributed by atoms with Gasteiger partial charge >= 0.3 is 6.18 Å². The van der Waals surface area contributed by atoms with Crippen molar-refractivity contribution in [2.45, 2.75) is 25.7 Å². The molecule has 1 aromatic heterocycles. The van der Waals surface area contributed by atoms with Crippen LogP contribution in [-0.2, 0) is 13.1 Å². The van der Waals surface area contributed by atoms with E-state index in [1.165, 1.54) is 0 Å². The summed E-state index contributed by atoms with van der Waals surface area (Å²) in [5.74, 6) is 1.27. The number of nitrogens with two attached hydrogens (primary N) is 1. The lowest BCUT2D eigenvalue weighted by Gasteiger charge is -2.16. The summed E-state index contributed by atoms with van der Waals surface area (Å²) < 4.78 is 41.1. The minimum atomic E-state index is -4.11. The molecule has 0 saturated heterocycles. The third-order valence-electron chi connectivity index (χ3n) is 2.12. The Morgan fingerprint density at radius 2 is 1.94 bits per heavy atom. The predicted octanol–water partition coefficient (Wildman–Crippen LogP) is 2.12. The summed E-state index contributed by atoms with van der Waals surface area (Å²) in [7, 11) is 1.62. The lowest BCUT2D eigenvalue weighted by molar-refractivity contribution is -0.137. The zero-order valence-electron chi connectivity index (χ0n) is 9.05. The number of rotatable bonds is 5. The van der Waals surface area contributed by atoms with Crippen LogP contribution in [0.5, 0.6) is 0 Å². The first-order valence-electron chi connectivity index (χ1n) is 4.93. The van der Waals surface area contributed by atoms with Crippen LogP contribution in [0.4, 0.5) is 13.2 Å². The van der Waals surface area contributed by atoms with E-state index in [2.05, 4.69) is 0 Å². The highest BCUT2D eigenvalue weighted by molar-refractivity contribution is 5.06. The van der Waals surface area contributed by atoms with Crippen LogP contribution in [0.3, 0.4) is 0 Å². The molecule has 0 radical (unpaired) electrons. The van der Waals surface area contributed by atoms with Crippen LogP contribution in [-0.4, -0.2) is 24.7 Å². The van der Waals surface area contributed by atoms with Crippen LogP contribution in [0.15, 0.2) is 16.5 Å². The standard InChI is InChI=1S/C10H15F3N2O/c1-15(5-4-10(11,12)13)7-9-3-2-8(6-14)16-9/h2-3H,4-7,14H2,1H3. The van der Waals surface area contributed by atoms with Crippen molar-refractivity contribution in [2.75, 3.05) is 13.6 Å². The average molecular weight is 236 g/mol. The van der Waals surface area contributed by atoms with Gasteiger partial charge in [-0.25, -0.2) is 0 Å². The molecule has 1 aromatic rings. The summed E-state index contributed by atoms with van der Waals surface area (Å²) in [5.41, 5.74) is 5.35. The minimum Gasteiger partial charge on any atom is -0.463 e. The Kier molecular flexibility index (Phi) is 4.37. The molecule has 0 amide bonds. The van der Waals surface area contributed by atoms with Crippen LogP contribution in [0.1, 0.15) is 17.9 Å². The third kappa shape index (κ3) is 4.67. The Hall–Kier alpha value is -1.01. The van der Waals surface area contributed by atoms with Gasteiger partial charge in [-0.2, -0.15) is 13.2 Å². The Labute approximate surface area is 92.0 Å². The fourth-order valence-electron chi connectivity index (χ4n) is 1.28. The van der Waals surface area contributed by atoms with E-state index in [9.17, 15) is 13.2 Å². The molecule has 0 aliphatic heterocycles. The first-order valence-corrected chi connectivity index (χ1v) is 4.93. The monoisotopic (exact) mass is 236 g/mol. The van der Waals surface area contributed by atoms with Gasteiger partial charge < -0.3 is 10.2 Å². The SMILES string of the molecule is CN(CCC(F)(F)F)Cc1ccc(CN)o1. The fourth-order valence-corrected chi connectivity index (χ4v) is 1.28. The van der Waals surface area contributed by atoms with Gasteiger partial charge in [0, 0.05) is 6.54 Å². The van der Waals surface area contributed by atoms with Crippen molar-refractivity contribution in [3.05, 3.63) is 23.7 Å². The zero-order chi connectivity index (χ0) is 12.2. The summed E-state index contributed by atoms with van der Waals surface area (Å²) in [6.45, 7) is 0.616. The molecule has 0 unspecified atom stereocenters. The van der Waals surface area contributed by atoms with Gasteiger partial charge in [-0.1, -0.05) is 0 Å². The van der Waals surface area contributed by atoms with E-state index in [0.29, 0.717) is 24.6 Å². The summed E-state index contributed by atoms with van der Waals surface area (Å²) in [4.78, 5) is 1.56. The molecule has 0 bridgehead atoms. The molecular weight excluding hydrogens is 221 g/mol. The largest absolute Gasteiger partial charge is 0.463 e. The second-order valence-corrected chi connectivity index (χ2v) is 3.68. The van der Waals surface area contributed by atoms with E-state index < -0.39 is 12.6 Å². The molecule has 3 nitrogen and oxygen atoms in total. The topological polar surface area (TPSA) is 42.4 Å². The molecule has 16 heavy (non-hydrogen) atoms. The number of hydrogen-bond acceptors (Lipinski definition) is 3. The van der Waals surface area contributed by atoms with Crippen molar-refractivity contribution < 1.29 is 17.6 Å². The lowest BCUT2D eigenvalue weighted by atomic mass is 10.3. The van der Waals surface area contributed by atoms with Crippen LogP contribution in [0.25, 0.3) is 0 Å². The predicted molar refractivity (Wildman–Crippen MR) is 53.6 cm³/mol. The maximum absolute atomic E-state index is 11.9. The second-order valence-electron chi connectivity index (χ2n) is 3.68. The fraction of sp³-hybridized carbons (Fsp3) is 0.600. The van der Waals surface area contributed by atoms with Crippen molar-refractivity contribution in [1.29, 1.82) is 0 Å². The quantitative estimate of drug-likeness (QED) is 0.851. The molecule has 0 spiro atoms. The van der Waals surface area contributed by atoms with Gasteiger partial charge in [-0.15, -0.1) is 0 Å². The van der Waals surface area contributed by atoms with Crippen molar-refractivity contribution in [1.82, 2.24) is 4.90 Å². The Bertz CT molecular complexity index is 322. The van der Waals surface area contributed by atoms with Gasteiger partial charge in [0.05, 0.1) is 19.5 Å². The molecule has 0 aromatic carbocycles. The highest BCUT2D eigenvalue weighted by Crippen LogP contribution is 2.20.